The zero-order chi connectivity index (χ0) is 45.6. The van der Waals surface area contributed by atoms with Gasteiger partial charge in [0, 0.05) is 63.2 Å². The molecule has 0 bridgehead atoms. The monoisotopic (exact) mass is 891 g/mol. The fraction of sp³-hybridized carbons (Fsp3) is 0.488. The first kappa shape index (κ1) is 48.5. The molecule has 342 valence electrons. The van der Waals surface area contributed by atoms with Gasteiger partial charge in [-0.3, -0.25) is 29.6 Å². The van der Waals surface area contributed by atoms with Crippen molar-refractivity contribution < 1.29 is 38.3 Å². The highest BCUT2D eigenvalue weighted by Gasteiger charge is 2.42. The number of primary amides is 1. The van der Waals surface area contributed by atoms with Gasteiger partial charge in [0.05, 0.1) is 36.4 Å². The minimum Gasteiger partial charge on any atom is -0.491 e. The van der Waals surface area contributed by atoms with Crippen LogP contribution < -0.4 is 42.8 Å². The molecule has 20 heteroatoms. The van der Waals surface area contributed by atoms with Crippen molar-refractivity contribution >= 4 is 58.9 Å². The quantitative estimate of drug-likeness (QED) is 0.0117. The number of hydrogen-bond donors (Lipinski definition) is 6. The molecule has 0 aliphatic carbocycles. The number of likely N-dealkylation sites (N-methyl/N-ethyl adjacent to an activating group) is 1. The number of methoxy groups -OCH3 is 1. The number of anilines is 2. The van der Waals surface area contributed by atoms with Gasteiger partial charge in [0.1, 0.15) is 35.3 Å². The summed E-state index contributed by atoms with van der Waals surface area (Å²) in [6, 6.07) is 5.01. The Balaban J connectivity index is 1.51. The Morgan fingerprint density at radius 1 is 1.14 bits per heavy atom. The standard InChI is InChI=1S/C43H62N12O7S/c1-7-27(4)21-33(54(46)9-3)41(58)50-43-49-31-23-29(38(45)56)24-34(61-18-12-13-52-16-19-60-20-17-52)36(31)53(43)14-10-11-15-55(51-40(57)32(47-8-2)22-28(5)44)39-35(63)25-30(26-48-39)37-42(59-6)62-37/h10-11,21-27,37,42,63H,7-9,12-20,44,46H2,1-6H3,(H2,45,56)(H,51,57)(H,49,50,58)/p+1/b11-10+,28-22-,33-21-,47-32?. The predicted octanol–water partition coefficient (Wildman–Crippen LogP) is 2.86. The fourth-order valence-corrected chi connectivity index (χ4v) is 7.10. The summed E-state index contributed by atoms with van der Waals surface area (Å²) in [7, 11) is 1.58. The summed E-state index contributed by atoms with van der Waals surface area (Å²) in [5, 5.41) is 5.96. The molecule has 0 spiro atoms. The topological polar surface area (TPSA) is 248 Å². The van der Waals surface area contributed by atoms with Crippen molar-refractivity contribution in [1.82, 2.24) is 24.9 Å². The molecule has 5 rings (SSSR count). The van der Waals surface area contributed by atoms with E-state index in [0.717, 1.165) is 31.6 Å². The first-order valence-electron chi connectivity index (χ1n) is 21.2. The first-order chi connectivity index (χ1) is 30.3. The smallest absolute Gasteiger partial charge is 0.311 e. The number of aromatic nitrogens is 3. The minimum atomic E-state index is -0.654. The van der Waals surface area contributed by atoms with Crippen LogP contribution in [0.15, 0.2) is 70.0 Å². The van der Waals surface area contributed by atoms with Gasteiger partial charge >= 0.3 is 11.7 Å². The van der Waals surface area contributed by atoms with E-state index >= 15 is 0 Å². The summed E-state index contributed by atoms with van der Waals surface area (Å²) >= 11 is 4.77. The number of amides is 3. The summed E-state index contributed by atoms with van der Waals surface area (Å²) in [6.45, 7) is 14.7. The maximum absolute atomic E-state index is 14.0. The highest BCUT2D eigenvalue weighted by molar-refractivity contribution is 7.80. The summed E-state index contributed by atoms with van der Waals surface area (Å²) < 4.78 is 24.6. The molecule has 9 N–H and O–H groups in total. The predicted molar refractivity (Wildman–Crippen MR) is 244 cm³/mol. The summed E-state index contributed by atoms with van der Waals surface area (Å²) in [6.07, 6.45) is 9.72. The number of fused-ring (bicyclic) bond motifs is 1. The molecule has 1 aromatic carbocycles. The highest BCUT2D eigenvalue weighted by atomic mass is 32.1. The second kappa shape index (κ2) is 23.3. The van der Waals surface area contributed by atoms with Crippen LogP contribution in [0.25, 0.3) is 11.0 Å². The van der Waals surface area contributed by atoms with Crippen LogP contribution in [0.4, 0.5) is 11.8 Å². The van der Waals surface area contributed by atoms with Crippen LogP contribution in [0.3, 0.4) is 0 Å². The van der Waals surface area contributed by atoms with Crippen molar-refractivity contribution in [3.63, 3.8) is 0 Å². The molecule has 0 radical (unpaired) electrons. The lowest BCUT2D eigenvalue weighted by Crippen LogP contribution is -2.48. The summed E-state index contributed by atoms with van der Waals surface area (Å²) in [5.41, 5.74) is 17.5. The van der Waals surface area contributed by atoms with E-state index in [1.807, 2.05) is 52.0 Å². The molecule has 63 heavy (non-hydrogen) atoms. The van der Waals surface area contributed by atoms with Crippen molar-refractivity contribution in [2.75, 3.05) is 76.5 Å². The van der Waals surface area contributed by atoms with E-state index in [1.54, 1.807) is 41.9 Å². The average molecular weight is 892 g/mol. The first-order valence-corrected chi connectivity index (χ1v) is 21.7. The number of rotatable bonds is 23. The van der Waals surface area contributed by atoms with Gasteiger partial charge in [0.2, 0.25) is 11.9 Å². The molecule has 4 heterocycles. The van der Waals surface area contributed by atoms with E-state index in [0.29, 0.717) is 72.5 Å². The third-order valence-corrected chi connectivity index (χ3v) is 10.7. The number of carbonyl (C=O) groups excluding carboxylic acids is 3. The third-order valence-electron chi connectivity index (χ3n) is 10.4. The fourth-order valence-electron chi connectivity index (χ4n) is 6.77. The summed E-state index contributed by atoms with van der Waals surface area (Å²) in [4.78, 5) is 55.5. The highest BCUT2D eigenvalue weighted by Crippen LogP contribution is 2.39. The summed E-state index contributed by atoms with van der Waals surface area (Å²) in [5.74, 6) is 5.83. The van der Waals surface area contributed by atoms with E-state index in [2.05, 4.69) is 25.6 Å². The second-order valence-electron chi connectivity index (χ2n) is 15.2. The maximum Gasteiger partial charge on any atom is 0.311 e. The van der Waals surface area contributed by atoms with Crippen LogP contribution in [-0.2, 0) is 30.3 Å². The lowest BCUT2D eigenvalue weighted by Gasteiger charge is -2.26. The molecule has 2 saturated heterocycles. The Kier molecular flexibility index (Phi) is 17.9. The Morgan fingerprint density at radius 3 is 2.54 bits per heavy atom. The van der Waals surface area contributed by atoms with E-state index in [1.165, 1.54) is 11.1 Å². The van der Waals surface area contributed by atoms with Gasteiger partial charge in [-0.15, -0.1) is 12.6 Å². The second-order valence-corrected chi connectivity index (χ2v) is 15.7. The van der Waals surface area contributed by atoms with Gasteiger partial charge in [-0.1, -0.05) is 26.0 Å². The Hall–Kier alpha value is -5.51. The van der Waals surface area contributed by atoms with Gasteiger partial charge in [-0.2, -0.15) is 10.4 Å². The van der Waals surface area contributed by atoms with Crippen LogP contribution in [-0.4, -0.2) is 115 Å². The number of benzene rings is 1. The number of nitrogens with one attached hydrogen (secondary N) is 3. The number of allylic oxidation sites excluding steroid dienone is 3. The van der Waals surface area contributed by atoms with Gasteiger partial charge in [-0.25, -0.2) is 15.8 Å². The number of aromatic amines is 1. The van der Waals surface area contributed by atoms with Crippen molar-refractivity contribution in [2.24, 2.45) is 28.2 Å². The van der Waals surface area contributed by atoms with Crippen molar-refractivity contribution in [2.45, 2.75) is 71.3 Å². The van der Waals surface area contributed by atoms with Gasteiger partial charge in [-0.05, 0) is 69.9 Å². The lowest BCUT2D eigenvalue weighted by atomic mass is 10.1. The van der Waals surface area contributed by atoms with Crippen molar-refractivity contribution in [3.8, 4) is 5.75 Å². The number of ether oxygens (including phenoxy) is 4. The Morgan fingerprint density at radius 2 is 1.90 bits per heavy atom. The number of carbonyl (C=O) groups is 3. The molecule has 0 saturated carbocycles. The third kappa shape index (κ3) is 13.3. The SMILES string of the molecule is CCN=C(/C=C(/C)N)C(=O)NN(C/C=C/Cn1c(NC(=O)/C(=C/C(C)CC)N(N)CC)nc2cc(C(N)=O)cc(OCCCN3CCOCC3)c21)c1[nH+]cc(C2OC2OC)cc1S. The van der Waals surface area contributed by atoms with Gasteiger partial charge in [0.15, 0.2) is 6.29 Å². The lowest BCUT2D eigenvalue weighted by molar-refractivity contribution is -0.368. The Labute approximate surface area is 374 Å². The number of epoxide rings is 1. The zero-order valence-electron chi connectivity index (χ0n) is 37.1. The average Bonchev–Trinajstić information content (AvgIpc) is 3.98. The molecular formula is C43H63N12O7S+. The van der Waals surface area contributed by atoms with Gasteiger partial charge in [0.25, 0.3) is 5.91 Å². The number of thiol groups is 1. The molecule has 3 atom stereocenters. The molecule has 3 unspecified atom stereocenters. The van der Waals surface area contributed by atoms with Crippen LogP contribution in [0.1, 0.15) is 69.5 Å². The number of morpholine rings is 1. The molecule has 2 aliphatic rings. The normalized spacial score (nSPS) is 17.8. The van der Waals surface area contributed by atoms with Gasteiger partial charge < -0.3 is 40.0 Å². The molecule has 2 fully saturated rings. The number of imidazole rings is 1. The molecular weight excluding hydrogens is 829 g/mol. The van der Waals surface area contributed by atoms with Crippen LogP contribution >= 0.6 is 12.6 Å². The van der Waals surface area contributed by atoms with E-state index in [4.69, 9.17) is 53.9 Å². The van der Waals surface area contributed by atoms with E-state index in [-0.39, 0.29) is 54.3 Å². The molecule has 19 nitrogen and oxygen atoms in total. The zero-order valence-corrected chi connectivity index (χ0v) is 38.0. The number of pyridine rings is 1. The minimum absolute atomic E-state index is 0.0688. The van der Waals surface area contributed by atoms with E-state index in [9.17, 15) is 14.4 Å². The Bertz CT molecular complexity index is 2200. The van der Waals surface area contributed by atoms with Crippen LogP contribution in [0, 0.1) is 5.92 Å². The number of hydrazine groups is 2. The van der Waals surface area contributed by atoms with Crippen molar-refractivity contribution in [3.05, 3.63) is 71.2 Å². The molecule has 2 aromatic heterocycles. The number of hydrogen-bond acceptors (Lipinski definition) is 15. The number of nitrogens with two attached hydrogens (primary N) is 3. The molecule has 3 aromatic rings. The maximum atomic E-state index is 14.0. The van der Waals surface area contributed by atoms with Crippen molar-refractivity contribution in [1.29, 1.82) is 0 Å². The number of aliphatic imine (C=N–C) groups is 1. The van der Waals surface area contributed by atoms with E-state index < -0.39 is 17.7 Å². The van der Waals surface area contributed by atoms with Crippen LogP contribution in [0.2, 0.25) is 0 Å². The largest absolute Gasteiger partial charge is 0.491 e. The number of nitrogens with zero attached hydrogens (tertiary/aromatic N) is 6. The molecule has 3 amide bonds. The molecule has 2 aliphatic heterocycles. The number of H-pyrrole nitrogens is 1. The van der Waals surface area contributed by atoms with Crippen LogP contribution in [0.5, 0.6) is 5.75 Å².